The van der Waals surface area contributed by atoms with Crippen LogP contribution in [0.3, 0.4) is 0 Å². The number of sulfone groups is 1. The Morgan fingerprint density at radius 1 is 1.47 bits per heavy atom. The SMILES string of the molecule is CCS(=O)(=O)c1ccc(OC)c(C#N)c1. The lowest BCUT2D eigenvalue weighted by Crippen LogP contribution is -2.04. The summed E-state index contributed by atoms with van der Waals surface area (Å²) >= 11 is 0. The van der Waals surface area contributed by atoms with Crippen LogP contribution >= 0.6 is 0 Å². The minimum Gasteiger partial charge on any atom is -0.495 e. The Morgan fingerprint density at radius 2 is 2.13 bits per heavy atom. The highest BCUT2D eigenvalue weighted by atomic mass is 32.2. The predicted octanol–water partition coefficient (Wildman–Crippen LogP) is 1.36. The number of nitrogens with zero attached hydrogens (tertiary/aromatic N) is 1. The van der Waals surface area contributed by atoms with Gasteiger partial charge in [-0.1, -0.05) is 6.92 Å². The van der Waals surface area contributed by atoms with Gasteiger partial charge in [-0.15, -0.1) is 0 Å². The van der Waals surface area contributed by atoms with Gasteiger partial charge in [-0.25, -0.2) is 8.42 Å². The molecule has 0 atom stereocenters. The van der Waals surface area contributed by atoms with Gasteiger partial charge in [0, 0.05) is 0 Å². The van der Waals surface area contributed by atoms with Gasteiger partial charge in [0.1, 0.15) is 11.8 Å². The van der Waals surface area contributed by atoms with Crippen molar-refractivity contribution in [2.75, 3.05) is 12.9 Å². The third-order valence-corrected chi connectivity index (χ3v) is 3.76. The standard InChI is InChI=1S/C10H11NO3S/c1-3-15(12,13)9-4-5-10(14-2)8(6-9)7-11/h4-6H,3H2,1-2H3. The minimum absolute atomic E-state index is 0.0181. The van der Waals surface area contributed by atoms with Gasteiger partial charge in [-0.05, 0) is 18.2 Å². The molecule has 0 fully saturated rings. The Morgan fingerprint density at radius 3 is 2.60 bits per heavy atom. The molecule has 0 aliphatic heterocycles. The van der Waals surface area contributed by atoms with Crippen molar-refractivity contribution in [3.05, 3.63) is 23.8 Å². The van der Waals surface area contributed by atoms with Crippen LogP contribution < -0.4 is 4.74 Å². The molecular formula is C10H11NO3S. The van der Waals surface area contributed by atoms with Gasteiger partial charge < -0.3 is 4.74 Å². The molecule has 0 aliphatic carbocycles. The molecule has 0 saturated heterocycles. The van der Waals surface area contributed by atoms with Gasteiger partial charge in [0.25, 0.3) is 0 Å². The first kappa shape index (κ1) is 11.5. The molecule has 0 unspecified atom stereocenters. The van der Waals surface area contributed by atoms with Crippen LogP contribution in [0, 0.1) is 11.3 Å². The van der Waals surface area contributed by atoms with E-state index in [0.717, 1.165) is 0 Å². The summed E-state index contributed by atoms with van der Waals surface area (Å²) in [5.41, 5.74) is 0.229. The van der Waals surface area contributed by atoms with Crippen LogP contribution in [0.2, 0.25) is 0 Å². The Bertz CT molecular complexity index is 500. The summed E-state index contributed by atoms with van der Waals surface area (Å²) in [7, 11) is -1.83. The van der Waals surface area contributed by atoms with Crippen molar-refractivity contribution in [2.45, 2.75) is 11.8 Å². The zero-order valence-corrected chi connectivity index (χ0v) is 9.34. The minimum atomic E-state index is -3.26. The number of benzene rings is 1. The molecule has 1 aromatic rings. The van der Waals surface area contributed by atoms with Crippen LogP contribution in [-0.4, -0.2) is 21.3 Å². The fourth-order valence-corrected chi connectivity index (χ4v) is 2.04. The average Bonchev–Trinajstić information content (AvgIpc) is 2.28. The smallest absolute Gasteiger partial charge is 0.178 e. The highest BCUT2D eigenvalue weighted by molar-refractivity contribution is 7.91. The van der Waals surface area contributed by atoms with E-state index >= 15 is 0 Å². The molecular weight excluding hydrogens is 214 g/mol. The van der Waals surface area contributed by atoms with Crippen LogP contribution in [-0.2, 0) is 9.84 Å². The van der Waals surface area contributed by atoms with Crippen molar-refractivity contribution >= 4 is 9.84 Å². The first-order valence-electron chi connectivity index (χ1n) is 4.36. The van der Waals surface area contributed by atoms with E-state index in [9.17, 15) is 8.42 Å². The van der Waals surface area contributed by atoms with E-state index in [4.69, 9.17) is 10.00 Å². The number of hydrogen-bond acceptors (Lipinski definition) is 4. The Balaban J connectivity index is 3.34. The highest BCUT2D eigenvalue weighted by Crippen LogP contribution is 2.22. The van der Waals surface area contributed by atoms with Crippen molar-refractivity contribution in [3.8, 4) is 11.8 Å². The molecule has 0 amide bonds. The van der Waals surface area contributed by atoms with Gasteiger partial charge in [-0.3, -0.25) is 0 Å². The average molecular weight is 225 g/mol. The summed E-state index contributed by atoms with van der Waals surface area (Å²) in [6, 6.07) is 6.15. The third kappa shape index (κ3) is 2.28. The van der Waals surface area contributed by atoms with Crippen LogP contribution in [0.1, 0.15) is 12.5 Å². The quantitative estimate of drug-likeness (QED) is 0.779. The van der Waals surface area contributed by atoms with E-state index in [1.165, 1.54) is 25.3 Å². The van der Waals surface area contributed by atoms with Gasteiger partial charge in [0.15, 0.2) is 9.84 Å². The maximum absolute atomic E-state index is 11.5. The largest absolute Gasteiger partial charge is 0.495 e. The van der Waals surface area contributed by atoms with Crippen LogP contribution in [0.5, 0.6) is 5.75 Å². The second-order valence-corrected chi connectivity index (χ2v) is 5.16. The Hall–Kier alpha value is -1.54. The van der Waals surface area contributed by atoms with Crippen LogP contribution in [0.4, 0.5) is 0 Å². The van der Waals surface area contributed by atoms with Crippen molar-refractivity contribution in [1.29, 1.82) is 5.26 Å². The topological polar surface area (TPSA) is 67.2 Å². The summed E-state index contributed by atoms with van der Waals surface area (Å²) in [6.45, 7) is 1.56. The summed E-state index contributed by atoms with van der Waals surface area (Å²) in [4.78, 5) is 0.155. The summed E-state index contributed by atoms with van der Waals surface area (Å²) < 4.78 is 28.0. The highest BCUT2D eigenvalue weighted by Gasteiger charge is 2.14. The van der Waals surface area contributed by atoms with E-state index in [2.05, 4.69) is 0 Å². The van der Waals surface area contributed by atoms with E-state index in [-0.39, 0.29) is 16.2 Å². The second-order valence-electron chi connectivity index (χ2n) is 2.88. The Kier molecular flexibility index (Phi) is 3.32. The first-order chi connectivity index (χ1) is 7.05. The lowest BCUT2D eigenvalue weighted by Gasteiger charge is -2.05. The Labute approximate surface area is 89.0 Å². The molecule has 0 heterocycles. The molecule has 4 nitrogen and oxygen atoms in total. The second kappa shape index (κ2) is 4.32. The van der Waals surface area contributed by atoms with Crippen molar-refractivity contribution in [3.63, 3.8) is 0 Å². The van der Waals surface area contributed by atoms with E-state index in [1.807, 2.05) is 6.07 Å². The van der Waals surface area contributed by atoms with E-state index < -0.39 is 9.84 Å². The van der Waals surface area contributed by atoms with Crippen LogP contribution in [0.15, 0.2) is 23.1 Å². The van der Waals surface area contributed by atoms with Crippen molar-refractivity contribution < 1.29 is 13.2 Å². The molecule has 80 valence electrons. The molecule has 0 aromatic heterocycles. The van der Waals surface area contributed by atoms with Crippen molar-refractivity contribution in [2.24, 2.45) is 0 Å². The number of ether oxygens (including phenoxy) is 1. The fraction of sp³-hybridized carbons (Fsp3) is 0.300. The molecule has 0 N–H and O–H groups in total. The maximum atomic E-state index is 11.5. The molecule has 0 bridgehead atoms. The van der Waals surface area contributed by atoms with Gasteiger partial charge in [-0.2, -0.15) is 5.26 Å². The molecule has 15 heavy (non-hydrogen) atoms. The summed E-state index contributed by atoms with van der Waals surface area (Å²) in [5.74, 6) is 0.400. The summed E-state index contributed by atoms with van der Waals surface area (Å²) in [5, 5.41) is 8.79. The third-order valence-electron chi connectivity index (χ3n) is 2.03. The molecule has 5 heteroatoms. The predicted molar refractivity (Wildman–Crippen MR) is 55.4 cm³/mol. The van der Waals surface area contributed by atoms with Gasteiger partial charge >= 0.3 is 0 Å². The molecule has 0 saturated carbocycles. The molecule has 0 spiro atoms. The number of rotatable bonds is 3. The maximum Gasteiger partial charge on any atom is 0.178 e. The normalized spacial score (nSPS) is 10.7. The van der Waals surface area contributed by atoms with E-state index in [0.29, 0.717) is 5.75 Å². The van der Waals surface area contributed by atoms with E-state index in [1.54, 1.807) is 6.92 Å². The molecule has 0 radical (unpaired) electrons. The molecule has 1 aromatic carbocycles. The zero-order valence-electron chi connectivity index (χ0n) is 8.52. The fourth-order valence-electron chi connectivity index (χ4n) is 1.13. The molecule has 0 aliphatic rings. The number of methoxy groups -OCH3 is 1. The van der Waals surface area contributed by atoms with Crippen LogP contribution in [0.25, 0.3) is 0 Å². The lowest BCUT2D eigenvalue weighted by molar-refractivity contribution is 0.413. The first-order valence-corrected chi connectivity index (χ1v) is 6.01. The number of hydrogen-bond donors (Lipinski definition) is 0. The van der Waals surface area contributed by atoms with Gasteiger partial charge in [0.05, 0.1) is 23.3 Å². The summed E-state index contributed by atoms with van der Waals surface area (Å²) in [6.07, 6.45) is 0. The number of nitriles is 1. The monoisotopic (exact) mass is 225 g/mol. The molecule has 1 rings (SSSR count). The zero-order chi connectivity index (χ0) is 11.5. The lowest BCUT2D eigenvalue weighted by atomic mass is 10.2. The van der Waals surface area contributed by atoms with Crippen molar-refractivity contribution in [1.82, 2.24) is 0 Å². The van der Waals surface area contributed by atoms with Gasteiger partial charge in [0.2, 0.25) is 0 Å².